The molecule has 0 aromatic heterocycles. The fraction of sp³-hybridized carbons (Fsp3) is 0.600. The van der Waals surface area contributed by atoms with Crippen LogP contribution >= 0.6 is 0 Å². The molecule has 2 unspecified atom stereocenters. The number of nitrogens with one attached hydrogen (secondary N) is 1. The summed E-state index contributed by atoms with van der Waals surface area (Å²) in [5, 5.41) is 2.88. The van der Waals surface area contributed by atoms with Gasteiger partial charge in [-0.1, -0.05) is 13.0 Å². The van der Waals surface area contributed by atoms with Gasteiger partial charge in [0.2, 0.25) is 0 Å². The Hall–Kier alpha value is -1.23. The van der Waals surface area contributed by atoms with Crippen molar-refractivity contribution < 1.29 is 13.2 Å². The minimum atomic E-state index is -4.32. The highest BCUT2D eigenvalue weighted by atomic mass is 19.4. The molecule has 2 atom stereocenters. The smallest absolute Gasteiger partial charge is 0.374 e. The first-order valence-electron chi connectivity index (χ1n) is 6.88. The molecule has 2 nitrogen and oxygen atoms in total. The van der Waals surface area contributed by atoms with E-state index < -0.39 is 11.7 Å². The zero-order valence-corrected chi connectivity index (χ0v) is 12.1. The molecule has 1 aliphatic rings. The summed E-state index contributed by atoms with van der Waals surface area (Å²) in [7, 11) is 3.47. The number of hydrogen-bond acceptors (Lipinski definition) is 2. The summed E-state index contributed by atoms with van der Waals surface area (Å²) in [6, 6.07) is 4.59. The fourth-order valence-corrected chi connectivity index (χ4v) is 2.56. The maximum Gasteiger partial charge on any atom is 0.418 e. The third kappa shape index (κ3) is 3.45. The van der Waals surface area contributed by atoms with Gasteiger partial charge in [0.15, 0.2) is 0 Å². The van der Waals surface area contributed by atoms with Crippen LogP contribution in [-0.4, -0.2) is 20.6 Å². The Bertz CT molecular complexity index is 471. The van der Waals surface area contributed by atoms with Gasteiger partial charge in [0.25, 0.3) is 0 Å². The Morgan fingerprint density at radius 3 is 2.50 bits per heavy atom. The third-order valence-electron chi connectivity index (χ3n) is 3.94. The second kappa shape index (κ2) is 5.64. The van der Waals surface area contributed by atoms with Crippen LogP contribution in [0.15, 0.2) is 18.2 Å². The molecule has 5 heteroatoms. The van der Waals surface area contributed by atoms with Gasteiger partial charge in [-0.05, 0) is 43.0 Å². The number of benzene rings is 1. The van der Waals surface area contributed by atoms with Crippen LogP contribution in [0.3, 0.4) is 0 Å². The molecule has 0 aliphatic heterocycles. The number of anilines is 1. The molecule has 0 heterocycles. The Labute approximate surface area is 118 Å². The lowest BCUT2D eigenvalue weighted by atomic mass is 10.1. The topological polar surface area (TPSA) is 15.3 Å². The van der Waals surface area contributed by atoms with E-state index in [9.17, 15) is 13.2 Å². The van der Waals surface area contributed by atoms with E-state index in [0.717, 1.165) is 6.42 Å². The molecule has 1 fully saturated rings. The van der Waals surface area contributed by atoms with E-state index in [4.69, 9.17) is 0 Å². The fourth-order valence-electron chi connectivity index (χ4n) is 2.56. The molecule has 0 amide bonds. The Morgan fingerprint density at radius 1 is 1.35 bits per heavy atom. The molecule has 1 N–H and O–H groups in total. The maximum atomic E-state index is 13.2. The van der Waals surface area contributed by atoms with E-state index >= 15 is 0 Å². The highest BCUT2D eigenvalue weighted by Crippen LogP contribution is 2.41. The molecule has 0 bridgehead atoms. The summed E-state index contributed by atoms with van der Waals surface area (Å²) in [6.45, 7) is 3.27. The zero-order valence-electron chi connectivity index (χ0n) is 12.1. The summed E-state index contributed by atoms with van der Waals surface area (Å²) < 4.78 is 39.6. The molecule has 0 saturated heterocycles. The normalized spacial score (nSPS) is 21.9. The van der Waals surface area contributed by atoms with Gasteiger partial charge in [0.05, 0.1) is 5.56 Å². The predicted octanol–water partition coefficient (Wildman–Crippen LogP) is 3.52. The van der Waals surface area contributed by atoms with Crippen molar-refractivity contribution >= 4 is 5.69 Å². The van der Waals surface area contributed by atoms with Crippen LogP contribution in [0.25, 0.3) is 0 Å². The molecule has 2 rings (SSSR count). The van der Waals surface area contributed by atoms with Crippen LogP contribution in [0.4, 0.5) is 18.9 Å². The standard InChI is InChI=1S/C15H21F3N2/c1-10-6-12(10)9-20(3)14-5-4-11(8-19-2)7-13(14)15(16,17)18/h4-5,7,10,12,19H,6,8-9H2,1-3H3. The monoisotopic (exact) mass is 286 g/mol. The lowest BCUT2D eigenvalue weighted by Crippen LogP contribution is -2.24. The van der Waals surface area contributed by atoms with Gasteiger partial charge in [-0.2, -0.15) is 13.2 Å². The predicted molar refractivity (Wildman–Crippen MR) is 74.7 cm³/mol. The van der Waals surface area contributed by atoms with Crippen molar-refractivity contribution in [3.05, 3.63) is 29.3 Å². The van der Waals surface area contributed by atoms with E-state index in [1.807, 2.05) is 0 Å². The quantitative estimate of drug-likeness (QED) is 0.891. The first-order chi connectivity index (χ1) is 9.32. The maximum absolute atomic E-state index is 13.2. The van der Waals surface area contributed by atoms with Gasteiger partial charge < -0.3 is 10.2 Å². The molecule has 1 aromatic rings. The van der Waals surface area contributed by atoms with Crippen LogP contribution < -0.4 is 10.2 Å². The largest absolute Gasteiger partial charge is 0.418 e. The van der Waals surface area contributed by atoms with E-state index in [0.29, 0.717) is 30.5 Å². The molecule has 20 heavy (non-hydrogen) atoms. The Kier molecular flexibility index (Phi) is 4.28. The van der Waals surface area contributed by atoms with E-state index in [1.54, 1.807) is 31.1 Å². The van der Waals surface area contributed by atoms with Gasteiger partial charge in [0, 0.05) is 25.8 Å². The third-order valence-corrected chi connectivity index (χ3v) is 3.94. The van der Waals surface area contributed by atoms with Crippen molar-refractivity contribution in [2.45, 2.75) is 26.1 Å². The molecular weight excluding hydrogens is 265 g/mol. The van der Waals surface area contributed by atoms with Crippen molar-refractivity contribution in [1.29, 1.82) is 0 Å². The highest BCUT2D eigenvalue weighted by Gasteiger charge is 2.37. The molecule has 1 aliphatic carbocycles. The second-order valence-corrected chi connectivity index (χ2v) is 5.73. The molecular formula is C15H21F3N2. The average Bonchev–Trinajstić information content (AvgIpc) is 3.04. The summed E-state index contributed by atoms with van der Waals surface area (Å²) in [5.41, 5.74) is 0.384. The van der Waals surface area contributed by atoms with E-state index in [2.05, 4.69) is 12.2 Å². The van der Waals surface area contributed by atoms with Crippen molar-refractivity contribution in [3.63, 3.8) is 0 Å². The van der Waals surface area contributed by atoms with Gasteiger partial charge >= 0.3 is 6.18 Å². The van der Waals surface area contributed by atoms with Crippen molar-refractivity contribution in [2.75, 3.05) is 25.5 Å². The van der Waals surface area contributed by atoms with E-state index in [1.165, 1.54) is 6.07 Å². The van der Waals surface area contributed by atoms with Crippen LogP contribution in [0, 0.1) is 11.8 Å². The first-order valence-corrected chi connectivity index (χ1v) is 6.88. The average molecular weight is 286 g/mol. The first kappa shape index (κ1) is 15.2. The number of rotatable bonds is 5. The van der Waals surface area contributed by atoms with Crippen LogP contribution in [0.1, 0.15) is 24.5 Å². The second-order valence-electron chi connectivity index (χ2n) is 5.73. The minimum Gasteiger partial charge on any atom is -0.374 e. The van der Waals surface area contributed by atoms with Crippen molar-refractivity contribution in [2.24, 2.45) is 11.8 Å². The van der Waals surface area contributed by atoms with Crippen LogP contribution in [0.5, 0.6) is 0 Å². The van der Waals surface area contributed by atoms with Crippen molar-refractivity contribution in [1.82, 2.24) is 5.32 Å². The van der Waals surface area contributed by atoms with Crippen LogP contribution in [0.2, 0.25) is 0 Å². The van der Waals surface area contributed by atoms with Crippen molar-refractivity contribution in [3.8, 4) is 0 Å². The minimum absolute atomic E-state index is 0.274. The number of nitrogens with zero attached hydrogens (tertiary/aromatic N) is 1. The van der Waals surface area contributed by atoms with Gasteiger partial charge in [-0.15, -0.1) is 0 Å². The molecule has 1 saturated carbocycles. The summed E-state index contributed by atoms with van der Waals surface area (Å²) in [5.74, 6) is 1.16. The van der Waals surface area contributed by atoms with Crippen LogP contribution in [-0.2, 0) is 12.7 Å². The summed E-state index contributed by atoms with van der Waals surface area (Å²) in [4.78, 5) is 1.74. The van der Waals surface area contributed by atoms with Gasteiger partial charge in [0.1, 0.15) is 0 Å². The molecule has 1 aromatic carbocycles. The number of alkyl halides is 3. The Morgan fingerprint density at radius 2 is 2.00 bits per heavy atom. The van der Waals surface area contributed by atoms with E-state index in [-0.39, 0.29) is 5.69 Å². The summed E-state index contributed by atoms with van der Waals surface area (Å²) >= 11 is 0. The number of hydrogen-bond donors (Lipinski definition) is 1. The lowest BCUT2D eigenvalue weighted by Gasteiger charge is -2.24. The molecule has 0 spiro atoms. The molecule has 112 valence electrons. The highest BCUT2D eigenvalue weighted by molar-refractivity contribution is 5.56. The Balaban J connectivity index is 2.26. The lowest BCUT2D eigenvalue weighted by molar-refractivity contribution is -0.137. The summed E-state index contributed by atoms with van der Waals surface area (Å²) in [6.07, 6.45) is -3.20. The zero-order chi connectivity index (χ0) is 14.9. The molecule has 0 radical (unpaired) electrons. The van der Waals surface area contributed by atoms with Gasteiger partial charge in [-0.25, -0.2) is 0 Å². The van der Waals surface area contributed by atoms with Gasteiger partial charge in [-0.3, -0.25) is 0 Å². The number of halogens is 3. The SMILES string of the molecule is CNCc1ccc(N(C)CC2CC2C)c(C(F)(F)F)c1.